The number of ether oxygens (including phenoxy) is 5. The smallest absolute Gasteiger partial charge is 0.309 e. The van der Waals surface area contributed by atoms with E-state index in [2.05, 4.69) is 32.3 Å². The fourth-order valence-electron chi connectivity index (χ4n) is 12.3. The number of methoxy groups -OCH3 is 1. The average molecular weight is 1040 g/mol. The number of rotatable bonds is 16. The van der Waals surface area contributed by atoms with Gasteiger partial charge >= 0.3 is 5.97 Å². The molecule has 0 aliphatic carbocycles. The number of likely N-dealkylation sites (N-methyl/N-ethyl adjacent to an activating group) is 2. The van der Waals surface area contributed by atoms with E-state index in [1.807, 2.05) is 71.9 Å². The van der Waals surface area contributed by atoms with E-state index in [0.29, 0.717) is 32.4 Å². The Morgan fingerprint density at radius 3 is 2.31 bits per heavy atom. The predicted molar refractivity (Wildman–Crippen MR) is 276 cm³/mol. The van der Waals surface area contributed by atoms with Crippen LogP contribution in [-0.2, 0) is 41.3 Å². The number of esters is 1. The van der Waals surface area contributed by atoms with Crippen molar-refractivity contribution < 1.29 is 63.5 Å². The monoisotopic (exact) mass is 1040 g/mol. The first-order valence-electron chi connectivity index (χ1n) is 27.0. The highest BCUT2D eigenvalue weighted by Crippen LogP contribution is 2.45. The van der Waals surface area contributed by atoms with Gasteiger partial charge in [0, 0.05) is 62.8 Å². The lowest BCUT2D eigenvalue weighted by atomic mass is 9.68. The molecule has 418 valence electrons. The molecule has 74 heavy (non-hydrogen) atoms. The number of aryl methyl sites for hydroxylation is 1. The summed E-state index contributed by atoms with van der Waals surface area (Å²) in [6, 6.07) is 6.95. The van der Waals surface area contributed by atoms with Gasteiger partial charge in [-0.25, -0.2) is 9.67 Å². The van der Waals surface area contributed by atoms with Crippen LogP contribution >= 0.6 is 0 Å². The normalized spacial score (nSPS) is 38.8. The number of hydrogen-bond acceptors (Lipinski definition) is 18. The van der Waals surface area contributed by atoms with Crippen LogP contribution < -0.4 is 0 Å². The van der Waals surface area contributed by atoms with Crippen LogP contribution in [0.1, 0.15) is 125 Å². The number of benzene rings is 1. The standard InChI is InChI=1S/C55H90N6O13/c1-14-45-55(10,68)48(64)36(6)60(12)28-32(2)25-53(8,67)50(34(4)46(35(5)51(66)73-45)43-26-54(9,69-13)49(65)37(7)72-43)74-52-47(63)42(24-33(3)71-52)59(11)23-22-40-29-61(58-57-40)41(30-62)17-15-16-38-18-20-39(21-19-38)44-27-56-31-70-44/h18-21,27,29,31-37,41-43,45-50,52,62-65,67-68H,14-17,22-26,28,30H2,1-13H3/t32-,33-,34+,35-,36-,37+,41+,42+,43?,45-,46+,47-,48?,49+,50-,52+,53-,54-,55-/m1/s1. The summed E-state index contributed by atoms with van der Waals surface area (Å²) in [7, 11) is 5.32. The van der Waals surface area contributed by atoms with Crippen LogP contribution in [-0.4, -0.2) is 191 Å². The van der Waals surface area contributed by atoms with Crippen LogP contribution in [0.3, 0.4) is 0 Å². The number of nitrogens with zero attached hydrogens (tertiary/aromatic N) is 6. The molecule has 6 rings (SSSR count). The van der Waals surface area contributed by atoms with Crippen LogP contribution in [0.2, 0.25) is 0 Å². The zero-order valence-corrected chi connectivity index (χ0v) is 46.3. The summed E-state index contributed by atoms with van der Waals surface area (Å²) < 4.78 is 39.4. The summed E-state index contributed by atoms with van der Waals surface area (Å²) >= 11 is 0. The van der Waals surface area contributed by atoms with Crippen molar-refractivity contribution in [1.29, 1.82) is 0 Å². The molecule has 19 heteroatoms. The molecule has 0 radical (unpaired) electrons. The minimum atomic E-state index is -1.82. The molecule has 1 aromatic carbocycles. The van der Waals surface area contributed by atoms with E-state index in [0.717, 1.165) is 29.9 Å². The Bertz CT molecular complexity index is 2180. The van der Waals surface area contributed by atoms with Gasteiger partial charge < -0.3 is 68.5 Å². The zero-order chi connectivity index (χ0) is 54.4. The van der Waals surface area contributed by atoms with Crippen molar-refractivity contribution in [1.82, 2.24) is 29.8 Å². The molecule has 3 saturated heterocycles. The highest BCUT2D eigenvalue weighted by Gasteiger charge is 2.55. The Morgan fingerprint density at radius 1 is 0.973 bits per heavy atom. The Labute approximate surface area is 438 Å². The Hall–Kier alpha value is -3.44. The van der Waals surface area contributed by atoms with Gasteiger partial charge in [0.15, 0.2) is 18.4 Å². The largest absolute Gasteiger partial charge is 0.459 e. The average Bonchev–Trinajstić information content (AvgIpc) is 4.08. The molecule has 0 bridgehead atoms. The summed E-state index contributed by atoms with van der Waals surface area (Å²) in [6.45, 7) is 18.8. The third kappa shape index (κ3) is 13.8. The van der Waals surface area contributed by atoms with E-state index >= 15 is 0 Å². The maximum Gasteiger partial charge on any atom is 0.309 e. The number of hydrogen-bond donors (Lipinski definition) is 6. The number of cyclic esters (lactones) is 1. The van der Waals surface area contributed by atoms with Gasteiger partial charge in [0.2, 0.25) is 0 Å². The summed E-state index contributed by atoms with van der Waals surface area (Å²) in [5.74, 6) is -2.45. The minimum Gasteiger partial charge on any atom is -0.459 e. The molecule has 2 aromatic heterocycles. The number of aromatic nitrogens is 4. The number of carbonyl (C=O) groups excluding carboxylic acids is 1. The van der Waals surface area contributed by atoms with Gasteiger partial charge in [0.05, 0.1) is 66.1 Å². The van der Waals surface area contributed by atoms with Crippen LogP contribution in [0.4, 0.5) is 0 Å². The minimum absolute atomic E-state index is 0.0821. The van der Waals surface area contributed by atoms with Gasteiger partial charge in [-0.2, -0.15) is 0 Å². The molecular weight excluding hydrogens is 953 g/mol. The van der Waals surface area contributed by atoms with Crippen molar-refractivity contribution in [2.75, 3.05) is 40.9 Å². The molecule has 3 aromatic rings. The molecule has 5 heterocycles. The number of carbonyl (C=O) groups is 1. The van der Waals surface area contributed by atoms with Gasteiger partial charge in [-0.05, 0) is 112 Å². The molecule has 6 N–H and O–H groups in total. The van der Waals surface area contributed by atoms with Crippen molar-refractivity contribution in [2.24, 2.45) is 23.7 Å². The maximum absolute atomic E-state index is 14.6. The van der Waals surface area contributed by atoms with E-state index in [1.54, 1.807) is 38.6 Å². The summed E-state index contributed by atoms with van der Waals surface area (Å²) in [5, 5.41) is 79.4. The topological polar surface area (TPSA) is 248 Å². The molecule has 2 unspecified atom stereocenters. The molecular formula is C55H90N6O13. The summed E-state index contributed by atoms with van der Waals surface area (Å²) in [4.78, 5) is 22.6. The molecule has 3 fully saturated rings. The highest BCUT2D eigenvalue weighted by molar-refractivity contribution is 5.73. The third-order valence-electron chi connectivity index (χ3n) is 17.0. The second-order valence-electron chi connectivity index (χ2n) is 23.0. The fraction of sp³-hybridized carbons (Fsp3) is 0.782. The molecule has 3 aliphatic heterocycles. The molecule has 3 aliphatic rings. The zero-order valence-electron chi connectivity index (χ0n) is 46.3. The van der Waals surface area contributed by atoms with Gasteiger partial charge in [-0.15, -0.1) is 5.10 Å². The van der Waals surface area contributed by atoms with E-state index in [4.69, 9.17) is 28.1 Å². The first-order valence-corrected chi connectivity index (χ1v) is 27.0. The summed E-state index contributed by atoms with van der Waals surface area (Å²) in [5.41, 5.74) is -1.59. The Kier molecular flexibility index (Phi) is 20.5. The van der Waals surface area contributed by atoms with Crippen LogP contribution in [0.25, 0.3) is 11.3 Å². The van der Waals surface area contributed by atoms with Crippen LogP contribution in [0.5, 0.6) is 0 Å². The number of aliphatic hydroxyl groups excluding tert-OH is 4. The van der Waals surface area contributed by atoms with Gasteiger partial charge in [0.25, 0.3) is 0 Å². The van der Waals surface area contributed by atoms with E-state index < -0.39 is 102 Å². The molecule has 19 atom stereocenters. The molecule has 0 saturated carbocycles. The van der Waals surface area contributed by atoms with Crippen molar-refractivity contribution in [3.05, 3.63) is 54.3 Å². The molecule has 0 amide bonds. The predicted octanol–water partition coefficient (Wildman–Crippen LogP) is 4.59. The van der Waals surface area contributed by atoms with Crippen LogP contribution in [0, 0.1) is 23.7 Å². The lowest BCUT2D eigenvalue weighted by molar-refractivity contribution is -0.302. The second kappa shape index (κ2) is 25.4. The SMILES string of the molecule is CC[C@H]1OC(=O)[C@H](C)[C@@H](C2C[C@@](C)(OC)[C@@H](O)[C@H](C)O2)[C@H](C)[C@@H](O[C@@H]2O[C@H](C)C[C@H](N(C)CCc3cn([C@H](CO)CCCc4ccc(-c5cnco5)cc4)nn3)[C@H]2O)[C@](C)(O)C[C@@H](C)CN(C)[C@H](C)C(O)[C@]1(C)O. The summed E-state index contributed by atoms with van der Waals surface area (Å²) in [6.07, 6.45) is 0.424. The fourth-order valence-corrected chi connectivity index (χ4v) is 12.3. The number of oxazole rings is 1. The van der Waals surface area contributed by atoms with E-state index in [1.165, 1.54) is 26.0 Å². The Balaban J connectivity index is 1.21. The van der Waals surface area contributed by atoms with Crippen molar-refractivity contribution in [3.8, 4) is 11.3 Å². The van der Waals surface area contributed by atoms with Crippen molar-refractivity contribution in [3.63, 3.8) is 0 Å². The molecule has 19 nitrogen and oxygen atoms in total. The lowest BCUT2D eigenvalue weighted by Gasteiger charge is -2.51. The third-order valence-corrected chi connectivity index (χ3v) is 17.0. The quantitative estimate of drug-likeness (QED) is 0.107. The highest BCUT2D eigenvalue weighted by atomic mass is 16.7. The van der Waals surface area contributed by atoms with E-state index in [9.17, 15) is 35.4 Å². The molecule has 0 spiro atoms. The van der Waals surface area contributed by atoms with Gasteiger partial charge in [-0.1, -0.05) is 57.2 Å². The first kappa shape index (κ1) is 59.8. The van der Waals surface area contributed by atoms with Crippen LogP contribution in [0.15, 0.2) is 47.5 Å². The lowest BCUT2D eigenvalue weighted by Crippen LogP contribution is -2.62. The van der Waals surface area contributed by atoms with Crippen molar-refractivity contribution in [2.45, 2.75) is 211 Å². The van der Waals surface area contributed by atoms with Gasteiger partial charge in [0.1, 0.15) is 30.0 Å². The van der Waals surface area contributed by atoms with E-state index in [-0.39, 0.29) is 43.9 Å². The second-order valence-corrected chi connectivity index (χ2v) is 23.0. The van der Waals surface area contributed by atoms with Gasteiger partial charge in [-0.3, -0.25) is 4.79 Å². The van der Waals surface area contributed by atoms with Crippen molar-refractivity contribution >= 4 is 5.97 Å². The Morgan fingerprint density at radius 2 is 1.68 bits per heavy atom. The maximum atomic E-state index is 14.6. The number of aliphatic hydroxyl groups is 6. The first-order chi connectivity index (χ1) is 34.8.